The molecular weight excluding hydrogens is 278 g/mol. The summed E-state index contributed by atoms with van der Waals surface area (Å²) in [5.74, 6) is 0.916. The number of nitrogens with two attached hydrogens (primary N) is 1. The van der Waals surface area contributed by atoms with E-state index in [0.717, 1.165) is 22.5 Å². The number of fused-ring (bicyclic) bond motifs is 1. The lowest BCUT2D eigenvalue weighted by atomic mass is 9.85. The minimum atomic E-state index is -0.0355. The van der Waals surface area contributed by atoms with Crippen molar-refractivity contribution < 1.29 is 4.79 Å². The maximum absolute atomic E-state index is 12.1. The zero-order valence-corrected chi connectivity index (χ0v) is 13.3. The number of nitrogen functional groups attached to an aromatic ring is 1. The molecule has 116 valence electrons. The Balaban J connectivity index is 2.16. The van der Waals surface area contributed by atoms with Gasteiger partial charge in [0.2, 0.25) is 5.91 Å². The molecule has 0 bridgehead atoms. The minimum Gasteiger partial charge on any atom is -0.384 e. The third-order valence-electron chi connectivity index (χ3n) is 4.19. The van der Waals surface area contributed by atoms with Gasteiger partial charge in [-0.05, 0) is 33.8 Å². The second-order valence-electron chi connectivity index (χ2n) is 6.10. The summed E-state index contributed by atoms with van der Waals surface area (Å²) >= 11 is 0. The number of pyridine rings is 1. The van der Waals surface area contributed by atoms with Crippen molar-refractivity contribution in [2.45, 2.75) is 46.1 Å². The Morgan fingerprint density at radius 2 is 2.09 bits per heavy atom. The molecule has 0 saturated carbocycles. The lowest BCUT2D eigenvalue weighted by Crippen LogP contribution is -2.25. The molecule has 1 amide bonds. The number of nitrogens with one attached hydrogen (secondary N) is 1. The van der Waals surface area contributed by atoms with Crippen LogP contribution in [-0.4, -0.2) is 20.7 Å². The third kappa shape index (κ3) is 2.24. The summed E-state index contributed by atoms with van der Waals surface area (Å²) in [5.41, 5.74) is 9.93. The summed E-state index contributed by atoms with van der Waals surface area (Å²) in [5, 5.41) is 7.45. The van der Waals surface area contributed by atoms with Crippen LogP contribution in [-0.2, 0) is 4.79 Å². The molecule has 3 rings (SSSR count). The molecule has 1 aliphatic rings. The van der Waals surface area contributed by atoms with Gasteiger partial charge in [0.25, 0.3) is 0 Å². The van der Waals surface area contributed by atoms with Crippen molar-refractivity contribution in [2.75, 3.05) is 11.1 Å². The molecule has 3 heterocycles. The van der Waals surface area contributed by atoms with E-state index in [-0.39, 0.29) is 17.9 Å². The van der Waals surface area contributed by atoms with Gasteiger partial charge in [-0.2, -0.15) is 5.10 Å². The molecule has 2 aromatic heterocycles. The average molecular weight is 299 g/mol. The van der Waals surface area contributed by atoms with Gasteiger partial charge in [-0.3, -0.25) is 9.48 Å². The number of carbonyl (C=O) groups is 1. The summed E-state index contributed by atoms with van der Waals surface area (Å²) < 4.78 is 2.02. The third-order valence-corrected chi connectivity index (χ3v) is 4.19. The molecule has 0 aromatic carbocycles. The van der Waals surface area contributed by atoms with Gasteiger partial charge in [-0.1, -0.05) is 6.07 Å². The fraction of sp³-hybridized carbons (Fsp3) is 0.438. The number of hydrogen-bond acceptors (Lipinski definition) is 4. The second-order valence-corrected chi connectivity index (χ2v) is 6.10. The fourth-order valence-electron chi connectivity index (χ4n) is 3.29. The van der Waals surface area contributed by atoms with Crippen molar-refractivity contribution in [1.82, 2.24) is 14.8 Å². The molecule has 0 spiro atoms. The Kier molecular flexibility index (Phi) is 3.39. The Hall–Kier alpha value is -2.37. The summed E-state index contributed by atoms with van der Waals surface area (Å²) in [6.07, 6.45) is 0.407. The Morgan fingerprint density at radius 3 is 2.73 bits per heavy atom. The van der Waals surface area contributed by atoms with E-state index in [1.807, 2.05) is 17.7 Å². The van der Waals surface area contributed by atoms with Crippen molar-refractivity contribution in [3.05, 3.63) is 34.6 Å². The van der Waals surface area contributed by atoms with Crippen LogP contribution in [0, 0.1) is 13.8 Å². The van der Waals surface area contributed by atoms with E-state index in [9.17, 15) is 4.79 Å². The van der Waals surface area contributed by atoms with Crippen LogP contribution >= 0.6 is 0 Å². The van der Waals surface area contributed by atoms with E-state index in [4.69, 9.17) is 5.73 Å². The van der Waals surface area contributed by atoms with Crippen molar-refractivity contribution in [1.29, 1.82) is 0 Å². The average Bonchev–Trinajstić information content (AvgIpc) is 2.72. The topological polar surface area (TPSA) is 85.8 Å². The number of carbonyl (C=O) groups excluding carboxylic acids is 1. The highest BCUT2D eigenvalue weighted by atomic mass is 16.1. The van der Waals surface area contributed by atoms with Crippen LogP contribution in [0.15, 0.2) is 12.1 Å². The molecule has 1 aliphatic heterocycles. The van der Waals surface area contributed by atoms with Crippen molar-refractivity contribution in [3.63, 3.8) is 0 Å². The van der Waals surface area contributed by atoms with Crippen LogP contribution < -0.4 is 11.1 Å². The maximum Gasteiger partial charge on any atom is 0.226 e. The summed E-state index contributed by atoms with van der Waals surface area (Å²) in [6, 6.07) is 4.02. The van der Waals surface area contributed by atoms with E-state index in [1.54, 1.807) is 6.07 Å². The molecule has 22 heavy (non-hydrogen) atoms. The molecule has 0 saturated heterocycles. The fourth-order valence-corrected chi connectivity index (χ4v) is 3.29. The molecule has 1 atom stereocenters. The van der Waals surface area contributed by atoms with Gasteiger partial charge >= 0.3 is 0 Å². The molecule has 2 aromatic rings. The van der Waals surface area contributed by atoms with Crippen LogP contribution in [0.4, 0.5) is 11.6 Å². The number of rotatable bonds is 2. The number of aromatic nitrogens is 3. The molecule has 6 heteroatoms. The minimum absolute atomic E-state index is 0.0238. The predicted molar refractivity (Wildman–Crippen MR) is 85.8 cm³/mol. The zero-order chi connectivity index (χ0) is 16.0. The number of aryl methyl sites for hydroxylation is 1. The second kappa shape index (κ2) is 5.12. The molecule has 6 nitrogen and oxygen atoms in total. The van der Waals surface area contributed by atoms with Crippen LogP contribution in [0.5, 0.6) is 0 Å². The highest BCUT2D eigenvalue weighted by Crippen LogP contribution is 2.39. The number of nitrogens with zero attached hydrogens (tertiary/aromatic N) is 3. The van der Waals surface area contributed by atoms with Gasteiger partial charge in [-0.15, -0.1) is 0 Å². The Bertz CT molecular complexity index is 747. The van der Waals surface area contributed by atoms with Crippen molar-refractivity contribution in [2.24, 2.45) is 0 Å². The largest absolute Gasteiger partial charge is 0.384 e. The van der Waals surface area contributed by atoms with E-state index < -0.39 is 0 Å². The van der Waals surface area contributed by atoms with Crippen LogP contribution in [0.3, 0.4) is 0 Å². The maximum atomic E-state index is 12.1. The predicted octanol–water partition coefficient (Wildman–Crippen LogP) is 2.53. The summed E-state index contributed by atoms with van der Waals surface area (Å²) in [7, 11) is 0. The smallest absolute Gasteiger partial charge is 0.226 e. The van der Waals surface area contributed by atoms with Gasteiger partial charge in [0.15, 0.2) is 0 Å². The van der Waals surface area contributed by atoms with Gasteiger partial charge in [-0.25, -0.2) is 4.98 Å². The highest BCUT2D eigenvalue weighted by molar-refractivity contribution is 5.94. The highest BCUT2D eigenvalue weighted by Gasteiger charge is 2.31. The Labute approximate surface area is 129 Å². The monoisotopic (exact) mass is 299 g/mol. The van der Waals surface area contributed by atoms with Gasteiger partial charge in [0.05, 0.1) is 5.69 Å². The SMILES string of the molecule is Cc1nn(C(C)C)c(C)c1[C@H]1CC(=O)Nc2nc(N)ccc21. The molecule has 0 radical (unpaired) electrons. The van der Waals surface area contributed by atoms with Gasteiger partial charge in [0, 0.05) is 35.2 Å². The first kappa shape index (κ1) is 14.6. The lowest BCUT2D eigenvalue weighted by molar-refractivity contribution is -0.116. The zero-order valence-electron chi connectivity index (χ0n) is 13.3. The lowest BCUT2D eigenvalue weighted by Gasteiger charge is -2.25. The van der Waals surface area contributed by atoms with E-state index in [2.05, 4.69) is 36.2 Å². The van der Waals surface area contributed by atoms with E-state index in [1.165, 1.54) is 0 Å². The van der Waals surface area contributed by atoms with Gasteiger partial charge < -0.3 is 11.1 Å². The standard InChI is InChI=1S/C16H21N5O/c1-8(2)21-10(4)15(9(3)20-21)12-7-14(22)19-16-11(12)5-6-13(17)18-16/h5-6,8,12H,7H2,1-4H3,(H3,17,18,19,22)/t12-/m0/s1. The van der Waals surface area contributed by atoms with E-state index >= 15 is 0 Å². The van der Waals surface area contributed by atoms with Crippen LogP contribution in [0.25, 0.3) is 0 Å². The summed E-state index contributed by atoms with van der Waals surface area (Å²) in [6.45, 7) is 8.27. The van der Waals surface area contributed by atoms with Crippen molar-refractivity contribution >= 4 is 17.5 Å². The van der Waals surface area contributed by atoms with Crippen LogP contribution in [0.1, 0.15) is 54.7 Å². The number of anilines is 2. The quantitative estimate of drug-likeness (QED) is 0.892. The summed E-state index contributed by atoms with van der Waals surface area (Å²) in [4.78, 5) is 16.3. The molecule has 0 aliphatic carbocycles. The molecule has 0 unspecified atom stereocenters. The molecule has 0 fully saturated rings. The Morgan fingerprint density at radius 1 is 1.36 bits per heavy atom. The first-order chi connectivity index (χ1) is 10.4. The van der Waals surface area contributed by atoms with Crippen molar-refractivity contribution in [3.8, 4) is 0 Å². The number of hydrogen-bond donors (Lipinski definition) is 2. The van der Waals surface area contributed by atoms with E-state index in [0.29, 0.717) is 18.1 Å². The number of amides is 1. The molecule has 3 N–H and O–H groups in total. The molecular formula is C16H21N5O. The van der Waals surface area contributed by atoms with Crippen LogP contribution in [0.2, 0.25) is 0 Å². The first-order valence-electron chi connectivity index (χ1n) is 7.50. The first-order valence-corrected chi connectivity index (χ1v) is 7.50. The normalized spacial score (nSPS) is 17.5. The van der Waals surface area contributed by atoms with Gasteiger partial charge in [0.1, 0.15) is 11.6 Å².